The van der Waals surface area contributed by atoms with Gasteiger partial charge in [-0.1, -0.05) is 12.1 Å². The summed E-state index contributed by atoms with van der Waals surface area (Å²) in [6.45, 7) is 0.618. The van der Waals surface area contributed by atoms with E-state index >= 15 is 0 Å². The molecule has 2 heterocycles. The first-order chi connectivity index (χ1) is 14.0. The number of fused-ring (bicyclic) bond motifs is 1. The molecule has 0 bridgehead atoms. The first kappa shape index (κ1) is 18.8. The summed E-state index contributed by atoms with van der Waals surface area (Å²) in [7, 11) is 0. The van der Waals surface area contributed by atoms with E-state index in [1.165, 1.54) is 35.6 Å². The summed E-state index contributed by atoms with van der Waals surface area (Å²) in [4.78, 5) is 27.5. The fourth-order valence-corrected chi connectivity index (χ4v) is 3.65. The Morgan fingerprint density at radius 3 is 2.72 bits per heavy atom. The predicted molar refractivity (Wildman–Crippen MR) is 104 cm³/mol. The van der Waals surface area contributed by atoms with Gasteiger partial charge in [-0.05, 0) is 12.1 Å². The minimum Gasteiger partial charge on any atom is -0.486 e. The molecule has 4 rings (SSSR count). The molecule has 0 fully saturated rings. The lowest BCUT2D eigenvalue weighted by molar-refractivity contribution is -0.384. The van der Waals surface area contributed by atoms with Crippen molar-refractivity contribution in [1.82, 2.24) is 4.98 Å². The third-order valence-corrected chi connectivity index (χ3v) is 5.04. The summed E-state index contributed by atoms with van der Waals surface area (Å²) in [5.41, 5.74) is 0.822. The fourth-order valence-electron chi connectivity index (χ4n) is 2.83. The monoisotopic (exact) mass is 415 g/mol. The van der Waals surface area contributed by atoms with Gasteiger partial charge in [0.15, 0.2) is 11.5 Å². The van der Waals surface area contributed by atoms with Crippen LogP contribution < -0.4 is 14.8 Å². The van der Waals surface area contributed by atoms with Crippen molar-refractivity contribution in [3.05, 3.63) is 63.4 Å². The number of nitro benzene ring substituents is 1. The van der Waals surface area contributed by atoms with Gasteiger partial charge in [-0.25, -0.2) is 9.37 Å². The Morgan fingerprint density at radius 1 is 1.24 bits per heavy atom. The van der Waals surface area contributed by atoms with Gasteiger partial charge in [0.25, 0.3) is 5.69 Å². The van der Waals surface area contributed by atoms with Crippen LogP contribution in [0.15, 0.2) is 41.8 Å². The number of hydrogen-bond donors (Lipinski definition) is 1. The van der Waals surface area contributed by atoms with Crippen molar-refractivity contribution < 1.29 is 23.6 Å². The molecule has 1 amide bonds. The predicted octanol–water partition coefficient (Wildman–Crippen LogP) is 3.81. The van der Waals surface area contributed by atoms with Crippen LogP contribution in [-0.4, -0.2) is 29.0 Å². The van der Waals surface area contributed by atoms with Gasteiger partial charge in [-0.15, -0.1) is 11.3 Å². The summed E-state index contributed by atoms with van der Waals surface area (Å²) >= 11 is 1.28. The molecule has 0 saturated heterocycles. The molecule has 0 radical (unpaired) electrons. The minimum absolute atomic E-state index is 0.0184. The SMILES string of the molecule is O=C(Cc1csc(-c2cccc(F)c2)n1)Nc1cc2c(cc1[N+](=O)[O-])OCCO2. The molecule has 1 N–H and O–H groups in total. The standard InChI is InChI=1S/C19H14FN3O5S/c20-12-3-1-2-11(6-12)19-21-13(10-29-19)7-18(24)22-14-8-16-17(28-5-4-27-16)9-15(14)23(25)26/h1-3,6,8-10H,4-5,7H2,(H,22,24). The highest BCUT2D eigenvalue weighted by molar-refractivity contribution is 7.13. The van der Waals surface area contributed by atoms with Crippen LogP contribution in [0, 0.1) is 15.9 Å². The number of benzene rings is 2. The molecule has 148 valence electrons. The van der Waals surface area contributed by atoms with Crippen LogP contribution in [0.2, 0.25) is 0 Å². The highest BCUT2D eigenvalue weighted by Gasteiger charge is 2.23. The molecule has 0 atom stereocenters. The van der Waals surface area contributed by atoms with E-state index in [2.05, 4.69) is 10.3 Å². The molecular weight excluding hydrogens is 401 g/mol. The molecule has 0 saturated carbocycles. The number of rotatable bonds is 5. The Hall–Kier alpha value is -3.53. The Labute approximate surface area is 168 Å². The van der Waals surface area contributed by atoms with E-state index in [-0.39, 0.29) is 29.4 Å². The molecular formula is C19H14FN3O5S. The van der Waals surface area contributed by atoms with Gasteiger partial charge < -0.3 is 14.8 Å². The van der Waals surface area contributed by atoms with Crippen molar-refractivity contribution in [2.45, 2.75) is 6.42 Å². The largest absolute Gasteiger partial charge is 0.486 e. The van der Waals surface area contributed by atoms with Gasteiger partial charge in [0, 0.05) is 17.0 Å². The lowest BCUT2D eigenvalue weighted by atomic mass is 10.2. The molecule has 0 aliphatic carbocycles. The van der Waals surface area contributed by atoms with Gasteiger partial charge >= 0.3 is 0 Å². The second-order valence-electron chi connectivity index (χ2n) is 6.15. The number of carbonyl (C=O) groups is 1. The summed E-state index contributed by atoms with van der Waals surface area (Å²) in [6, 6.07) is 8.62. The number of ether oxygens (including phenoxy) is 2. The second kappa shape index (κ2) is 7.84. The van der Waals surface area contributed by atoms with Crippen LogP contribution in [0.4, 0.5) is 15.8 Å². The normalized spacial score (nSPS) is 12.4. The summed E-state index contributed by atoms with van der Waals surface area (Å²) in [6.07, 6.45) is -0.0859. The molecule has 10 heteroatoms. The molecule has 1 aromatic heterocycles. The maximum atomic E-state index is 13.4. The zero-order valence-corrected chi connectivity index (χ0v) is 15.7. The second-order valence-corrected chi connectivity index (χ2v) is 7.01. The number of halogens is 1. The molecule has 1 aliphatic heterocycles. The first-order valence-electron chi connectivity index (χ1n) is 8.58. The quantitative estimate of drug-likeness (QED) is 0.502. The van der Waals surface area contributed by atoms with Crippen molar-refractivity contribution in [2.75, 3.05) is 18.5 Å². The number of thiazole rings is 1. The molecule has 0 unspecified atom stereocenters. The Kier molecular flexibility index (Phi) is 5.09. The van der Waals surface area contributed by atoms with Crippen molar-refractivity contribution >= 4 is 28.6 Å². The van der Waals surface area contributed by atoms with Crippen LogP contribution in [0.5, 0.6) is 11.5 Å². The lowest BCUT2D eigenvalue weighted by Gasteiger charge is -2.19. The first-order valence-corrected chi connectivity index (χ1v) is 9.46. The van der Waals surface area contributed by atoms with Crippen molar-refractivity contribution in [1.29, 1.82) is 0 Å². The van der Waals surface area contributed by atoms with Crippen molar-refractivity contribution in [2.24, 2.45) is 0 Å². The van der Waals surface area contributed by atoms with Gasteiger partial charge in [0.05, 0.1) is 23.1 Å². The van der Waals surface area contributed by atoms with E-state index in [0.717, 1.165) is 0 Å². The Balaban J connectivity index is 1.51. The van der Waals surface area contributed by atoms with Gasteiger partial charge in [-0.2, -0.15) is 0 Å². The van der Waals surface area contributed by atoms with Crippen molar-refractivity contribution in [3.63, 3.8) is 0 Å². The molecule has 2 aromatic carbocycles. The number of anilines is 1. The third-order valence-electron chi connectivity index (χ3n) is 4.10. The van der Waals surface area contributed by atoms with E-state index < -0.39 is 10.8 Å². The van der Waals surface area contributed by atoms with Crippen molar-refractivity contribution in [3.8, 4) is 22.1 Å². The smallest absolute Gasteiger partial charge is 0.296 e. The number of amides is 1. The van der Waals surface area contributed by atoms with Gasteiger partial charge in [0.1, 0.15) is 29.7 Å². The third kappa shape index (κ3) is 4.16. The highest BCUT2D eigenvalue weighted by atomic mass is 32.1. The Morgan fingerprint density at radius 2 is 2.00 bits per heavy atom. The van der Waals surface area contributed by atoms with Crippen LogP contribution in [0.1, 0.15) is 5.69 Å². The number of carbonyl (C=O) groups excluding carboxylic acids is 1. The minimum atomic E-state index is -0.598. The van der Waals surface area contributed by atoms with E-state index in [1.807, 2.05) is 0 Å². The highest BCUT2D eigenvalue weighted by Crippen LogP contribution is 2.39. The number of aromatic nitrogens is 1. The lowest BCUT2D eigenvalue weighted by Crippen LogP contribution is -2.18. The van der Waals surface area contributed by atoms with E-state index in [0.29, 0.717) is 35.2 Å². The maximum absolute atomic E-state index is 13.4. The molecule has 29 heavy (non-hydrogen) atoms. The van der Waals surface area contributed by atoms with Crippen LogP contribution >= 0.6 is 11.3 Å². The average Bonchev–Trinajstić information content (AvgIpc) is 3.15. The van der Waals surface area contributed by atoms with Gasteiger partial charge in [0.2, 0.25) is 5.91 Å². The zero-order valence-electron chi connectivity index (χ0n) is 14.9. The number of hydrogen-bond acceptors (Lipinski definition) is 7. The molecule has 3 aromatic rings. The molecule has 8 nitrogen and oxygen atoms in total. The van der Waals surface area contributed by atoms with E-state index in [1.54, 1.807) is 17.5 Å². The Bertz CT molecular complexity index is 1100. The summed E-state index contributed by atoms with van der Waals surface area (Å²) in [5, 5.41) is 16.2. The molecule has 0 spiro atoms. The number of nitrogens with one attached hydrogen (secondary N) is 1. The molecule has 1 aliphatic rings. The van der Waals surface area contributed by atoms with E-state index in [9.17, 15) is 19.3 Å². The topological polar surface area (TPSA) is 104 Å². The van der Waals surface area contributed by atoms with Crippen LogP contribution in [-0.2, 0) is 11.2 Å². The number of nitro groups is 1. The number of nitrogens with zero attached hydrogens (tertiary/aromatic N) is 2. The van der Waals surface area contributed by atoms with E-state index in [4.69, 9.17) is 9.47 Å². The fraction of sp³-hybridized carbons (Fsp3) is 0.158. The average molecular weight is 415 g/mol. The summed E-state index contributed by atoms with van der Waals surface area (Å²) in [5.74, 6) is -0.247. The van der Waals surface area contributed by atoms with Crippen LogP contribution in [0.25, 0.3) is 10.6 Å². The van der Waals surface area contributed by atoms with Crippen LogP contribution in [0.3, 0.4) is 0 Å². The zero-order chi connectivity index (χ0) is 20.4. The maximum Gasteiger partial charge on any atom is 0.296 e. The van der Waals surface area contributed by atoms with Gasteiger partial charge in [-0.3, -0.25) is 14.9 Å². The summed E-state index contributed by atoms with van der Waals surface area (Å²) < 4.78 is 24.1.